The molecule has 4 aliphatic carbocycles. The minimum Gasteiger partial charge on any atom is -0.381 e. The second-order valence-corrected chi connectivity index (χ2v) is 12.5. The summed E-state index contributed by atoms with van der Waals surface area (Å²) in [5, 5.41) is 11.5. The molecule has 0 unspecified atom stereocenters. The first kappa shape index (κ1) is 21.8. The molecule has 0 aliphatic heterocycles. The van der Waals surface area contributed by atoms with Gasteiger partial charge in [0.1, 0.15) is 5.60 Å². The summed E-state index contributed by atoms with van der Waals surface area (Å²) in [5.41, 5.74) is -0.710. The summed E-state index contributed by atoms with van der Waals surface area (Å²) in [6.07, 6.45) is 13.9. The molecular formula is C27H46O2. The highest BCUT2D eigenvalue weighted by atomic mass is 16.3. The Morgan fingerprint density at radius 2 is 1.72 bits per heavy atom. The van der Waals surface area contributed by atoms with Crippen LogP contribution in [0.4, 0.5) is 0 Å². The van der Waals surface area contributed by atoms with E-state index in [4.69, 9.17) is 0 Å². The smallest absolute Gasteiger partial charge is 0.164 e. The van der Waals surface area contributed by atoms with Crippen LogP contribution in [0.25, 0.3) is 0 Å². The predicted molar refractivity (Wildman–Crippen MR) is 120 cm³/mol. The molecule has 0 bridgehead atoms. The molecule has 0 aromatic carbocycles. The van der Waals surface area contributed by atoms with Crippen molar-refractivity contribution in [2.75, 3.05) is 0 Å². The number of hydrogen-bond acceptors (Lipinski definition) is 2. The highest BCUT2D eigenvalue weighted by molar-refractivity contribution is 5.89. The molecule has 1 N–H and O–H groups in total. The first-order valence-corrected chi connectivity index (χ1v) is 12.9. The van der Waals surface area contributed by atoms with E-state index in [0.29, 0.717) is 17.8 Å². The van der Waals surface area contributed by atoms with E-state index >= 15 is 0 Å². The first-order valence-electron chi connectivity index (χ1n) is 12.9. The van der Waals surface area contributed by atoms with Gasteiger partial charge in [-0.2, -0.15) is 0 Å². The Hall–Kier alpha value is -0.370. The summed E-state index contributed by atoms with van der Waals surface area (Å²) >= 11 is 0. The lowest BCUT2D eigenvalue weighted by atomic mass is 9.43. The highest BCUT2D eigenvalue weighted by Crippen LogP contribution is 2.68. The van der Waals surface area contributed by atoms with Crippen LogP contribution in [0.3, 0.4) is 0 Å². The van der Waals surface area contributed by atoms with Gasteiger partial charge in [0.15, 0.2) is 5.78 Å². The van der Waals surface area contributed by atoms with Gasteiger partial charge in [-0.3, -0.25) is 4.79 Å². The van der Waals surface area contributed by atoms with Crippen molar-refractivity contribution in [1.82, 2.24) is 0 Å². The number of Topliss-reactive ketones (excluding diaryl/α,β-unsaturated/α-hetero) is 1. The Balaban J connectivity index is 1.51. The van der Waals surface area contributed by atoms with Gasteiger partial charge in [-0.05, 0) is 92.3 Å². The van der Waals surface area contributed by atoms with E-state index in [9.17, 15) is 9.90 Å². The summed E-state index contributed by atoms with van der Waals surface area (Å²) in [5.74, 6) is 4.80. The molecule has 0 radical (unpaired) electrons. The molecule has 0 saturated heterocycles. The molecule has 0 amide bonds. The number of hydrogen-bond donors (Lipinski definition) is 1. The molecule has 0 aromatic heterocycles. The SMILES string of the molecule is CC(C)CCC[C@@H](C)[C@@H]1CC[C@@H]2[C@@H]3CC[C@@]4(O)C(=O)CCC[C@]4(C)[C@@H]3CC[C@@]21C. The fourth-order valence-electron chi connectivity index (χ4n) is 9.15. The van der Waals surface area contributed by atoms with Crippen molar-refractivity contribution in [3.8, 4) is 0 Å². The van der Waals surface area contributed by atoms with Gasteiger partial charge in [-0.25, -0.2) is 0 Å². The third kappa shape index (κ3) is 3.26. The summed E-state index contributed by atoms with van der Waals surface area (Å²) in [6.45, 7) is 12.1. The quantitative estimate of drug-likeness (QED) is 0.549. The number of aliphatic hydroxyl groups is 1. The van der Waals surface area contributed by atoms with Crippen LogP contribution in [0.15, 0.2) is 0 Å². The van der Waals surface area contributed by atoms with Gasteiger partial charge in [0.2, 0.25) is 0 Å². The van der Waals surface area contributed by atoms with Crippen LogP contribution in [0.2, 0.25) is 0 Å². The highest BCUT2D eigenvalue weighted by Gasteiger charge is 2.66. The van der Waals surface area contributed by atoms with E-state index in [2.05, 4.69) is 34.6 Å². The lowest BCUT2D eigenvalue weighted by Gasteiger charge is -2.62. The number of rotatable bonds is 5. The van der Waals surface area contributed by atoms with Crippen LogP contribution < -0.4 is 0 Å². The number of carbonyl (C=O) groups is 1. The maximum absolute atomic E-state index is 12.8. The van der Waals surface area contributed by atoms with Crippen molar-refractivity contribution >= 4 is 5.78 Å². The lowest BCUT2D eigenvalue weighted by Crippen LogP contribution is -2.64. The minimum atomic E-state index is -1.03. The zero-order valence-electron chi connectivity index (χ0n) is 19.8. The van der Waals surface area contributed by atoms with Crippen molar-refractivity contribution in [2.45, 2.75) is 117 Å². The van der Waals surface area contributed by atoms with Gasteiger partial charge in [0.25, 0.3) is 0 Å². The van der Waals surface area contributed by atoms with Crippen molar-refractivity contribution in [1.29, 1.82) is 0 Å². The molecule has 2 nitrogen and oxygen atoms in total. The van der Waals surface area contributed by atoms with Gasteiger partial charge < -0.3 is 5.11 Å². The molecule has 2 heteroatoms. The molecule has 166 valence electrons. The van der Waals surface area contributed by atoms with Crippen molar-refractivity contribution < 1.29 is 9.90 Å². The van der Waals surface area contributed by atoms with E-state index in [1.165, 1.54) is 44.9 Å². The second-order valence-electron chi connectivity index (χ2n) is 12.5. The number of fused-ring (bicyclic) bond motifs is 5. The molecule has 0 aromatic rings. The largest absolute Gasteiger partial charge is 0.381 e. The van der Waals surface area contributed by atoms with E-state index in [1.807, 2.05) is 0 Å². The average Bonchev–Trinajstić information content (AvgIpc) is 3.01. The lowest BCUT2D eigenvalue weighted by molar-refractivity contribution is -0.203. The average molecular weight is 403 g/mol. The first-order chi connectivity index (χ1) is 13.6. The fraction of sp³-hybridized carbons (Fsp3) is 0.963. The molecule has 29 heavy (non-hydrogen) atoms. The normalized spacial score (nSPS) is 48.2. The zero-order chi connectivity index (χ0) is 21.0. The molecule has 0 spiro atoms. The van der Waals surface area contributed by atoms with Crippen molar-refractivity contribution in [3.63, 3.8) is 0 Å². The number of carbonyl (C=O) groups excluding carboxylic acids is 1. The van der Waals surface area contributed by atoms with E-state index < -0.39 is 5.60 Å². The summed E-state index contributed by atoms with van der Waals surface area (Å²) in [4.78, 5) is 12.8. The Bertz CT molecular complexity index is 626. The molecule has 4 aliphatic rings. The number of ketones is 1. The Labute approximate surface area is 179 Å². The van der Waals surface area contributed by atoms with Gasteiger partial charge in [0, 0.05) is 11.8 Å². The van der Waals surface area contributed by atoms with Crippen LogP contribution in [0.1, 0.15) is 112 Å². The van der Waals surface area contributed by atoms with Crippen molar-refractivity contribution in [3.05, 3.63) is 0 Å². The predicted octanol–water partition coefficient (Wildman–Crippen LogP) is 6.79. The van der Waals surface area contributed by atoms with Crippen LogP contribution >= 0.6 is 0 Å². The minimum absolute atomic E-state index is 0.154. The topological polar surface area (TPSA) is 37.3 Å². The van der Waals surface area contributed by atoms with Crippen LogP contribution in [-0.4, -0.2) is 16.5 Å². The van der Waals surface area contributed by atoms with Crippen LogP contribution in [0, 0.1) is 46.3 Å². The Kier molecular flexibility index (Phi) is 5.76. The summed E-state index contributed by atoms with van der Waals surface area (Å²) in [6, 6.07) is 0. The zero-order valence-corrected chi connectivity index (χ0v) is 19.8. The molecule has 4 rings (SSSR count). The molecule has 4 saturated carbocycles. The van der Waals surface area contributed by atoms with E-state index in [1.54, 1.807) is 0 Å². The standard InChI is InChI=1S/C27H46O2/c1-18(2)8-6-9-19(3)21-11-12-22-20-13-17-27(29)24(28)10-7-15-26(27,5)23(20)14-16-25(21,22)4/h18-23,29H,6-17H2,1-5H3/t19-,20+,21+,22-,23-,25-,26-,27-/m1/s1. The fourth-order valence-corrected chi connectivity index (χ4v) is 9.15. The molecular weight excluding hydrogens is 356 g/mol. The molecule has 4 fully saturated rings. The van der Waals surface area contributed by atoms with Crippen LogP contribution in [-0.2, 0) is 4.79 Å². The Morgan fingerprint density at radius 1 is 0.966 bits per heavy atom. The maximum Gasteiger partial charge on any atom is 0.164 e. The van der Waals surface area contributed by atoms with Crippen LogP contribution in [0.5, 0.6) is 0 Å². The third-order valence-corrected chi connectivity index (χ3v) is 10.8. The molecule has 0 heterocycles. The summed E-state index contributed by atoms with van der Waals surface area (Å²) < 4.78 is 0. The maximum atomic E-state index is 12.8. The third-order valence-electron chi connectivity index (χ3n) is 10.8. The molecule has 8 atom stereocenters. The van der Waals surface area contributed by atoms with Gasteiger partial charge in [-0.15, -0.1) is 0 Å². The van der Waals surface area contributed by atoms with Gasteiger partial charge in [-0.1, -0.05) is 53.9 Å². The second kappa shape index (κ2) is 7.64. The van der Waals surface area contributed by atoms with E-state index in [-0.39, 0.29) is 11.2 Å². The van der Waals surface area contributed by atoms with Crippen molar-refractivity contribution in [2.24, 2.45) is 46.3 Å². The Morgan fingerprint density at radius 3 is 2.45 bits per heavy atom. The van der Waals surface area contributed by atoms with Gasteiger partial charge in [0.05, 0.1) is 0 Å². The summed E-state index contributed by atoms with van der Waals surface area (Å²) in [7, 11) is 0. The van der Waals surface area contributed by atoms with E-state index in [0.717, 1.165) is 55.3 Å². The monoisotopic (exact) mass is 402 g/mol. The van der Waals surface area contributed by atoms with Gasteiger partial charge >= 0.3 is 0 Å².